The third kappa shape index (κ3) is 2.88. The van der Waals surface area contributed by atoms with E-state index in [-0.39, 0.29) is 17.5 Å². The van der Waals surface area contributed by atoms with Gasteiger partial charge < -0.3 is 10.2 Å². The fourth-order valence-corrected chi connectivity index (χ4v) is 2.94. The van der Waals surface area contributed by atoms with Crippen LogP contribution in [0.1, 0.15) is 15.9 Å². The van der Waals surface area contributed by atoms with Crippen molar-refractivity contribution in [1.29, 1.82) is 0 Å². The largest absolute Gasteiger partial charge is 0.319 e. The van der Waals surface area contributed by atoms with Crippen molar-refractivity contribution in [1.82, 2.24) is 9.97 Å². The maximum Gasteiger partial charge on any atom is 0.261 e. The maximum absolute atomic E-state index is 13.7. The van der Waals surface area contributed by atoms with Crippen LogP contribution in [0.2, 0.25) is 0 Å². The van der Waals surface area contributed by atoms with E-state index >= 15 is 0 Å². The zero-order valence-corrected chi connectivity index (χ0v) is 13.6. The molecule has 3 aromatic rings. The zero-order valence-electron chi connectivity index (χ0n) is 13.6. The molecule has 26 heavy (non-hydrogen) atoms. The van der Waals surface area contributed by atoms with Crippen LogP contribution in [0.3, 0.4) is 0 Å². The van der Waals surface area contributed by atoms with Crippen LogP contribution < -0.4 is 10.2 Å². The van der Waals surface area contributed by atoms with E-state index < -0.39 is 11.6 Å². The molecule has 1 N–H and O–H groups in total. The van der Waals surface area contributed by atoms with Gasteiger partial charge in [-0.25, -0.2) is 18.7 Å². The van der Waals surface area contributed by atoms with Gasteiger partial charge in [-0.3, -0.25) is 4.79 Å². The molecule has 1 aliphatic heterocycles. The summed E-state index contributed by atoms with van der Waals surface area (Å²) in [6.45, 7) is 0.596. The number of amides is 1. The van der Waals surface area contributed by atoms with Gasteiger partial charge >= 0.3 is 0 Å². The number of hydrogen-bond acceptors (Lipinski definition) is 4. The molecule has 0 saturated carbocycles. The second kappa shape index (κ2) is 6.51. The highest BCUT2D eigenvalue weighted by atomic mass is 19.1. The molecular weight excluding hydrogens is 338 g/mol. The highest BCUT2D eigenvalue weighted by Crippen LogP contribution is 2.28. The Hall–Kier alpha value is -3.35. The SMILES string of the molecule is O=C(c1cnc(Nc2c(F)cccc2F)nc1)N1CCc2ccccc21. The molecule has 130 valence electrons. The van der Waals surface area contributed by atoms with Gasteiger partial charge in [0.1, 0.15) is 17.3 Å². The molecule has 5 nitrogen and oxygen atoms in total. The third-order valence-electron chi connectivity index (χ3n) is 4.23. The van der Waals surface area contributed by atoms with Crippen molar-refractivity contribution in [2.45, 2.75) is 6.42 Å². The van der Waals surface area contributed by atoms with Crippen LogP contribution in [0.15, 0.2) is 54.9 Å². The van der Waals surface area contributed by atoms with Crippen LogP contribution >= 0.6 is 0 Å². The average Bonchev–Trinajstić information content (AvgIpc) is 3.09. The predicted octanol–water partition coefficient (Wildman–Crippen LogP) is 3.70. The number of halogens is 2. The minimum atomic E-state index is -0.748. The van der Waals surface area contributed by atoms with Crippen molar-refractivity contribution in [2.24, 2.45) is 0 Å². The molecule has 0 aliphatic carbocycles. The summed E-state index contributed by atoms with van der Waals surface area (Å²) >= 11 is 0. The van der Waals surface area contributed by atoms with E-state index in [1.54, 1.807) is 4.90 Å². The van der Waals surface area contributed by atoms with Gasteiger partial charge in [-0.1, -0.05) is 24.3 Å². The Bertz CT molecular complexity index is 955. The number of aromatic nitrogens is 2. The lowest BCUT2D eigenvalue weighted by molar-refractivity contribution is 0.0988. The lowest BCUT2D eigenvalue weighted by Gasteiger charge is -2.17. The Morgan fingerprint density at radius 1 is 1.00 bits per heavy atom. The molecule has 0 unspecified atom stereocenters. The zero-order chi connectivity index (χ0) is 18.1. The molecule has 0 saturated heterocycles. The molecule has 0 spiro atoms. The van der Waals surface area contributed by atoms with Crippen LogP contribution in [-0.4, -0.2) is 22.4 Å². The first-order valence-electron chi connectivity index (χ1n) is 8.06. The molecule has 2 heterocycles. The van der Waals surface area contributed by atoms with E-state index in [0.717, 1.165) is 29.8 Å². The lowest BCUT2D eigenvalue weighted by atomic mass is 10.2. The molecule has 0 bridgehead atoms. The van der Waals surface area contributed by atoms with Crippen LogP contribution in [0.25, 0.3) is 0 Å². The van der Waals surface area contributed by atoms with Crippen molar-refractivity contribution < 1.29 is 13.6 Å². The van der Waals surface area contributed by atoms with Crippen LogP contribution in [0.5, 0.6) is 0 Å². The number of nitrogens with zero attached hydrogens (tertiary/aromatic N) is 3. The first-order chi connectivity index (χ1) is 12.6. The Morgan fingerprint density at radius 3 is 2.42 bits per heavy atom. The number of hydrogen-bond donors (Lipinski definition) is 1. The number of para-hydroxylation sites is 2. The minimum absolute atomic E-state index is 0.00683. The number of nitrogens with one attached hydrogen (secondary N) is 1. The van der Waals surface area contributed by atoms with Crippen molar-refractivity contribution in [2.75, 3.05) is 16.8 Å². The number of carbonyl (C=O) groups is 1. The summed E-state index contributed by atoms with van der Waals surface area (Å²) in [4.78, 5) is 22.4. The summed E-state index contributed by atoms with van der Waals surface area (Å²) in [6, 6.07) is 11.3. The monoisotopic (exact) mass is 352 g/mol. The van der Waals surface area contributed by atoms with Gasteiger partial charge in [-0.2, -0.15) is 0 Å². The molecule has 4 rings (SSSR count). The van der Waals surface area contributed by atoms with Gasteiger partial charge in [-0.05, 0) is 30.2 Å². The van der Waals surface area contributed by atoms with Crippen LogP contribution in [0.4, 0.5) is 26.1 Å². The van der Waals surface area contributed by atoms with Gasteiger partial charge in [-0.15, -0.1) is 0 Å². The second-order valence-electron chi connectivity index (χ2n) is 5.85. The van der Waals surface area contributed by atoms with Crippen molar-refractivity contribution in [3.05, 3.63) is 77.6 Å². The predicted molar refractivity (Wildman–Crippen MR) is 93.5 cm³/mol. The van der Waals surface area contributed by atoms with Gasteiger partial charge in [0.25, 0.3) is 5.91 Å². The molecule has 1 aliphatic rings. The normalized spacial score (nSPS) is 12.8. The Morgan fingerprint density at radius 2 is 1.69 bits per heavy atom. The summed E-state index contributed by atoms with van der Waals surface area (Å²) in [5, 5.41) is 2.49. The van der Waals surface area contributed by atoms with Gasteiger partial charge in [0.2, 0.25) is 5.95 Å². The van der Waals surface area contributed by atoms with E-state index in [0.29, 0.717) is 12.1 Å². The smallest absolute Gasteiger partial charge is 0.261 e. The Labute approximate surface area is 148 Å². The van der Waals surface area contributed by atoms with E-state index in [2.05, 4.69) is 15.3 Å². The molecular formula is C19H14F2N4O. The first-order valence-corrected chi connectivity index (χ1v) is 8.06. The summed E-state index contributed by atoms with van der Waals surface area (Å²) in [5.74, 6) is -1.70. The van der Waals surface area contributed by atoms with Crippen molar-refractivity contribution in [3.63, 3.8) is 0 Å². The third-order valence-corrected chi connectivity index (χ3v) is 4.23. The molecule has 7 heteroatoms. The second-order valence-corrected chi connectivity index (χ2v) is 5.85. The molecule has 1 amide bonds. The Kier molecular flexibility index (Phi) is 4.04. The summed E-state index contributed by atoms with van der Waals surface area (Å²) < 4.78 is 27.3. The maximum atomic E-state index is 13.7. The minimum Gasteiger partial charge on any atom is -0.319 e. The Balaban J connectivity index is 1.54. The first kappa shape index (κ1) is 16.1. The fourth-order valence-electron chi connectivity index (χ4n) is 2.94. The highest BCUT2D eigenvalue weighted by molar-refractivity contribution is 6.07. The average molecular weight is 352 g/mol. The number of rotatable bonds is 3. The fraction of sp³-hybridized carbons (Fsp3) is 0.105. The van der Waals surface area contributed by atoms with Crippen molar-refractivity contribution in [3.8, 4) is 0 Å². The van der Waals surface area contributed by atoms with Crippen LogP contribution in [-0.2, 0) is 6.42 Å². The molecule has 0 atom stereocenters. The van der Waals surface area contributed by atoms with Crippen molar-refractivity contribution >= 4 is 23.2 Å². The highest BCUT2D eigenvalue weighted by Gasteiger charge is 2.25. The van der Waals surface area contributed by atoms with Crippen LogP contribution in [0, 0.1) is 11.6 Å². The molecule has 2 aromatic carbocycles. The van der Waals surface area contributed by atoms with Gasteiger partial charge in [0.15, 0.2) is 0 Å². The van der Waals surface area contributed by atoms with E-state index in [1.165, 1.54) is 18.5 Å². The van der Waals surface area contributed by atoms with E-state index in [1.807, 2.05) is 24.3 Å². The van der Waals surface area contributed by atoms with Gasteiger partial charge in [0.05, 0.1) is 5.56 Å². The van der Waals surface area contributed by atoms with E-state index in [9.17, 15) is 13.6 Å². The molecule has 1 aromatic heterocycles. The number of anilines is 3. The number of benzene rings is 2. The lowest BCUT2D eigenvalue weighted by Crippen LogP contribution is -2.29. The summed E-state index contributed by atoms with van der Waals surface area (Å²) in [6.07, 6.45) is 3.49. The number of fused-ring (bicyclic) bond motifs is 1. The van der Waals surface area contributed by atoms with Gasteiger partial charge in [0, 0.05) is 24.6 Å². The quantitative estimate of drug-likeness (QED) is 0.781. The summed E-state index contributed by atoms with van der Waals surface area (Å²) in [5.41, 5.74) is 1.98. The standard InChI is InChI=1S/C19H14F2N4O/c20-14-5-3-6-15(21)17(14)24-19-22-10-13(11-23-19)18(26)25-9-8-12-4-1-2-7-16(12)25/h1-7,10-11H,8-9H2,(H,22,23,24). The summed E-state index contributed by atoms with van der Waals surface area (Å²) in [7, 11) is 0. The van der Waals surface area contributed by atoms with E-state index in [4.69, 9.17) is 0 Å². The number of carbonyl (C=O) groups excluding carboxylic acids is 1. The molecule has 0 fully saturated rings. The topological polar surface area (TPSA) is 58.1 Å². The molecule has 0 radical (unpaired) electrons.